The molecule has 0 aliphatic heterocycles. The second-order valence-corrected chi connectivity index (χ2v) is 5.24. The van der Waals surface area contributed by atoms with Crippen molar-refractivity contribution in [3.63, 3.8) is 0 Å². The number of benzene rings is 2. The molecule has 0 aliphatic carbocycles. The highest BCUT2D eigenvalue weighted by Crippen LogP contribution is 2.37. The van der Waals surface area contributed by atoms with Gasteiger partial charge in [0.2, 0.25) is 0 Å². The molecule has 0 aliphatic rings. The van der Waals surface area contributed by atoms with Crippen molar-refractivity contribution in [3.8, 4) is 0 Å². The second kappa shape index (κ2) is 5.96. The van der Waals surface area contributed by atoms with Gasteiger partial charge in [0.25, 0.3) is 0 Å². The lowest BCUT2D eigenvalue weighted by Gasteiger charge is -2.21. The predicted molar refractivity (Wildman–Crippen MR) is 83.7 cm³/mol. The molecule has 0 aromatic heterocycles. The molecule has 0 bridgehead atoms. The molecule has 4 N–H and O–H groups in total. The normalized spacial score (nSPS) is 11.1. The van der Waals surface area contributed by atoms with Gasteiger partial charge in [-0.15, -0.1) is 0 Å². The van der Waals surface area contributed by atoms with Crippen LogP contribution in [-0.4, -0.2) is 0 Å². The molecule has 1 atom stereocenters. The summed E-state index contributed by atoms with van der Waals surface area (Å²) in [5.74, 6) is -0.870. The van der Waals surface area contributed by atoms with Gasteiger partial charge in [0, 0.05) is 32.0 Å². The molecule has 0 heterocycles. The Labute approximate surface area is 124 Å². The van der Waals surface area contributed by atoms with E-state index in [-0.39, 0.29) is 0 Å². The maximum atomic E-state index is 13.7. The van der Waals surface area contributed by atoms with Gasteiger partial charge in [0.1, 0.15) is 17.7 Å². The molecule has 0 spiro atoms. The van der Waals surface area contributed by atoms with E-state index in [9.17, 15) is 8.78 Å². The number of anilines is 2. The molecule has 6 heteroatoms. The molecule has 2 rings (SSSR count). The van der Waals surface area contributed by atoms with Gasteiger partial charge in [-0.2, -0.15) is 0 Å². The summed E-state index contributed by atoms with van der Waals surface area (Å²) in [5.41, 5.74) is 14.8. The molecule has 0 amide bonds. The molecule has 3 nitrogen and oxygen atoms in total. The minimum atomic E-state index is -0.765. The van der Waals surface area contributed by atoms with Gasteiger partial charge >= 0.3 is 0 Å². The third-order valence-corrected chi connectivity index (χ3v) is 3.74. The van der Waals surface area contributed by atoms with E-state index >= 15 is 0 Å². The highest BCUT2D eigenvalue weighted by Gasteiger charge is 2.22. The monoisotopic (exact) mass is 310 g/mol. The lowest BCUT2D eigenvalue weighted by Crippen LogP contribution is -2.10. The summed E-state index contributed by atoms with van der Waals surface area (Å²) >= 11 is 0. The Kier molecular flexibility index (Phi) is 4.45. The zero-order valence-corrected chi connectivity index (χ0v) is 12.9. The van der Waals surface area contributed by atoms with Gasteiger partial charge in [-0.05, 0) is 49.2 Å². The van der Waals surface area contributed by atoms with Crippen LogP contribution < -0.4 is 11.5 Å². The molecule has 2 aromatic rings. The van der Waals surface area contributed by atoms with E-state index in [2.05, 4.69) is 9.47 Å². The molecular weight excluding hydrogens is 293 g/mol. The second-order valence-electron chi connectivity index (χ2n) is 4.97. The van der Waals surface area contributed by atoms with Crippen molar-refractivity contribution >= 4 is 20.8 Å². The van der Waals surface area contributed by atoms with Crippen LogP contribution in [0.3, 0.4) is 0 Å². The zero-order chi connectivity index (χ0) is 15.7. The number of nitrogen functional groups attached to an aromatic ring is 2. The lowest BCUT2D eigenvalue weighted by molar-refractivity contribution is 0.293. The van der Waals surface area contributed by atoms with Crippen LogP contribution in [0.25, 0.3) is 0 Å². The number of halogens is 2. The van der Waals surface area contributed by atoms with Crippen LogP contribution in [0.4, 0.5) is 20.2 Å². The summed E-state index contributed by atoms with van der Waals surface area (Å²) in [6.07, 6.45) is -0.765. The Balaban J connectivity index is 2.66. The first-order chi connectivity index (χ1) is 9.85. The first-order valence-corrected chi connectivity index (χ1v) is 6.78. The summed E-state index contributed by atoms with van der Waals surface area (Å²) in [6.45, 7) is 3.39. The van der Waals surface area contributed by atoms with Crippen LogP contribution in [-0.2, 0) is 4.52 Å². The van der Waals surface area contributed by atoms with E-state index in [1.807, 2.05) is 0 Å². The maximum Gasteiger partial charge on any atom is 0.124 e. The average molecular weight is 310 g/mol. The van der Waals surface area contributed by atoms with Gasteiger partial charge in [0.15, 0.2) is 0 Å². The van der Waals surface area contributed by atoms with Crippen molar-refractivity contribution < 1.29 is 13.3 Å². The number of rotatable bonds is 3. The average Bonchev–Trinajstić information content (AvgIpc) is 2.41. The molecule has 112 valence electrons. The largest absolute Gasteiger partial charge is 0.398 e. The summed E-state index contributed by atoms with van der Waals surface area (Å²) < 4.78 is 32.6. The SMILES string of the molecule is Cc1cc(F)cc(C(OP)c2cc(F)cc(C)c2N)c1N. The van der Waals surface area contributed by atoms with E-state index < -0.39 is 17.7 Å². The van der Waals surface area contributed by atoms with E-state index in [1.165, 1.54) is 24.3 Å². The Morgan fingerprint density at radius 2 is 1.29 bits per heavy atom. The summed E-state index contributed by atoms with van der Waals surface area (Å²) in [4.78, 5) is 0. The fourth-order valence-electron chi connectivity index (χ4n) is 2.31. The van der Waals surface area contributed by atoms with Crippen LogP contribution >= 0.6 is 9.47 Å². The van der Waals surface area contributed by atoms with Gasteiger partial charge in [-0.3, -0.25) is 0 Å². The molecule has 0 radical (unpaired) electrons. The minimum absolute atomic E-state index is 0.394. The van der Waals surface area contributed by atoms with E-state index in [4.69, 9.17) is 16.0 Å². The van der Waals surface area contributed by atoms with Crippen molar-refractivity contribution in [1.29, 1.82) is 0 Å². The first kappa shape index (κ1) is 15.7. The van der Waals surface area contributed by atoms with Crippen molar-refractivity contribution in [1.82, 2.24) is 0 Å². The maximum absolute atomic E-state index is 13.7. The summed E-state index contributed by atoms with van der Waals surface area (Å²) in [7, 11) is 2.09. The van der Waals surface area contributed by atoms with Gasteiger partial charge in [-0.25, -0.2) is 8.78 Å². The quantitative estimate of drug-likeness (QED) is 0.672. The smallest absolute Gasteiger partial charge is 0.124 e. The van der Waals surface area contributed by atoms with Crippen molar-refractivity contribution in [2.75, 3.05) is 11.5 Å². The topological polar surface area (TPSA) is 61.3 Å². The number of hydrogen-bond acceptors (Lipinski definition) is 3. The third kappa shape index (κ3) is 2.99. The van der Waals surface area contributed by atoms with Gasteiger partial charge in [-0.1, -0.05) is 0 Å². The highest BCUT2D eigenvalue weighted by molar-refractivity contribution is 7.09. The summed E-state index contributed by atoms with van der Waals surface area (Å²) in [6, 6.07) is 5.21. The van der Waals surface area contributed by atoms with Crippen LogP contribution in [0.15, 0.2) is 24.3 Å². The molecule has 2 aromatic carbocycles. The van der Waals surface area contributed by atoms with E-state index in [0.717, 1.165) is 0 Å². The minimum Gasteiger partial charge on any atom is -0.398 e. The van der Waals surface area contributed by atoms with Crippen molar-refractivity contribution in [3.05, 3.63) is 58.2 Å². The van der Waals surface area contributed by atoms with Crippen molar-refractivity contribution in [2.24, 2.45) is 0 Å². The summed E-state index contributed by atoms with van der Waals surface area (Å²) in [5, 5.41) is 0. The Bertz CT molecular complexity index is 634. The fraction of sp³-hybridized carbons (Fsp3) is 0.200. The molecule has 0 saturated heterocycles. The van der Waals surface area contributed by atoms with Gasteiger partial charge in [0.05, 0.1) is 0 Å². The van der Waals surface area contributed by atoms with E-state index in [1.54, 1.807) is 13.8 Å². The number of hydrogen-bond donors (Lipinski definition) is 2. The molecule has 0 saturated carbocycles. The first-order valence-electron chi connectivity index (χ1n) is 6.31. The lowest BCUT2D eigenvalue weighted by atomic mass is 9.95. The molecule has 0 fully saturated rings. The van der Waals surface area contributed by atoms with Crippen LogP contribution in [0.2, 0.25) is 0 Å². The standard InChI is InChI=1S/C15H17F2N2OP/c1-7-3-9(16)5-11(13(7)18)15(20-21)12-6-10(17)4-8(2)14(12)19/h3-6,15H,18-19,21H2,1-2H3. The Morgan fingerprint density at radius 1 is 0.905 bits per heavy atom. The zero-order valence-electron chi connectivity index (χ0n) is 11.8. The highest BCUT2D eigenvalue weighted by atomic mass is 31.0. The molecular formula is C15H17F2N2OP. The number of nitrogens with two attached hydrogens (primary N) is 2. The van der Waals surface area contributed by atoms with Crippen LogP contribution in [0.1, 0.15) is 28.4 Å². The molecule has 21 heavy (non-hydrogen) atoms. The van der Waals surface area contributed by atoms with Crippen molar-refractivity contribution in [2.45, 2.75) is 20.0 Å². The fourth-order valence-corrected chi connectivity index (χ4v) is 2.60. The van der Waals surface area contributed by atoms with Crippen LogP contribution in [0.5, 0.6) is 0 Å². The predicted octanol–water partition coefficient (Wildman–Crippen LogP) is 3.64. The molecule has 1 unspecified atom stereocenters. The number of aryl methyl sites for hydroxylation is 2. The Hall–Kier alpha value is -1.71. The van der Waals surface area contributed by atoms with Crippen LogP contribution in [0, 0.1) is 25.5 Å². The third-order valence-electron chi connectivity index (χ3n) is 3.47. The Morgan fingerprint density at radius 3 is 1.62 bits per heavy atom. The van der Waals surface area contributed by atoms with E-state index in [0.29, 0.717) is 33.6 Å². The van der Waals surface area contributed by atoms with Gasteiger partial charge < -0.3 is 16.0 Å².